The highest BCUT2D eigenvalue weighted by atomic mass is 127. The number of nitrogens with zero attached hydrogens (tertiary/aromatic N) is 1. The first-order valence-corrected chi connectivity index (χ1v) is 11.6. The van der Waals surface area contributed by atoms with Gasteiger partial charge in [-0.3, -0.25) is 15.0 Å². The van der Waals surface area contributed by atoms with Crippen molar-refractivity contribution < 1.29 is 14.0 Å². The Morgan fingerprint density at radius 3 is 2.44 bits per heavy atom. The molecule has 8 heteroatoms. The molecule has 6 rings (SSSR count). The minimum Gasteiger partial charge on any atom is -0.451 e. The third kappa shape index (κ3) is 3.17. The second-order valence-electron chi connectivity index (χ2n) is 8.30. The number of thiocarbonyl (C=S) groups is 1. The van der Waals surface area contributed by atoms with Gasteiger partial charge in [0.2, 0.25) is 5.91 Å². The lowest BCUT2D eigenvalue weighted by Gasteiger charge is -2.55. The lowest BCUT2D eigenvalue weighted by Crippen LogP contribution is -2.57. The number of thioether (sulfide) groups is 1. The summed E-state index contributed by atoms with van der Waals surface area (Å²) in [5.41, 5.74) is 2.56. The van der Waals surface area contributed by atoms with Crippen LogP contribution in [0.1, 0.15) is 44.3 Å². The minimum atomic E-state index is -0.307. The maximum Gasteiger partial charge on any atom is 0.285 e. The first-order chi connectivity index (χ1) is 12.9. The first kappa shape index (κ1) is 18.2. The zero-order valence-corrected chi connectivity index (χ0v) is 18.4. The lowest BCUT2D eigenvalue weighted by atomic mass is 9.49. The lowest BCUT2D eigenvalue weighted by molar-refractivity contribution is -0.152. The molecule has 5 aliphatic rings. The molecule has 4 saturated carbocycles. The standard InChI is InChI=1S/C19H19IN2O3S2/c20-15-2-1-13(25-15)6-14-16(23)22(18(26)27-14)21-17(24)19-7-10-3-11(8-19)5-12(4-10)9-19/h1-2,6,10-12H,3-5,7-9H2,(H,21,24). The molecular formula is C19H19IN2O3S2. The highest BCUT2D eigenvalue weighted by Gasteiger charge is 2.55. The Bertz CT molecular complexity index is 843. The zero-order valence-electron chi connectivity index (χ0n) is 14.6. The predicted molar refractivity (Wildman–Crippen MR) is 115 cm³/mol. The fraction of sp³-hybridized carbons (Fsp3) is 0.526. The third-order valence-corrected chi connectivity index (χ3v) is 8.28. The second-order valence-corrected chi connectivity index (χ2v) is 11.0. The molecule has 0 atom stereocenters. The quantitative estimate of drug-likeness (QED) is 0.370. The summed E-state index contributed by atoms with van der Waals surface area (Å²) in [6.45, 7) is 0. The first-order valence-electron chi connectivity index (χ1n) is 9.26. The molecule has 4 bridgehead atoms. The number of furan rings is 1. The van der Waals surface area contributed by atoms with Crippen LogP contribution in [-0.4, -0.2) is 21.1 Å². The Kier molecular flexibility index (Phi) is 4.43. The van der Waals surface area contributed by atoms with Crippen molar-refractivity contribution in [2.24, 2.45) is 23.2 Å². The smallest absolute Gasteiger partial charge is 0.285 e. The van der Waals surface area contributed by atoms with E-state index in [4.69, 9.17) is 16.6 Å². The van der Waals surface area contributed by atoms with Gasteiger partial charge in [0.15, 0.2) is 8.09 Å². The van der Waals surface area contributed by atoms with Crippen LogP contribution in [0.2, 0.25) is 0 Å². The van der Waals surface area contributed by atoms with E-state index in [9.17, 15) is 9.59 Å². The maximum atomic E-state index is 13.2. The van der Waals surface area contributed by atoms with E-state index in [1.54, 1.807) is 6.08 Å². The molecule has 1 N–H and O–H groups in total. The monoisotopic (exact) mass is 514 g/mol. The molecule has 2 amide bonds. The summed E-state index contributed by atoms with van der Waals surface area (Å²) < 4.78 is 6.63. The van der Waals surface area contributed by atoms with Gasteiger partial charge < -0.3 is 4.42 Å². The van der Waals surface area contributed by atoms with E-state index in [0.29, 0.717) is 32.7 Å². The second kappa shape index (κ2) is 6.59. The van der Waals surface area contributed by atoms with E-state index in [1.807, 2.05) is 12.1 Å². The molecule has 1 aromatic heterocycles. The highest BCUT2D eigenvalue weighted by molar-refractivity contribution is 14.1. The number of hydrazine groups is 1. The van der Waals surface area contributed by atoms with Gasteiger partial charge in [0.05, 0.1) is 10.3 Å². The van der Waals surface area contributed by atoms with Gasteiger partial charge in [-0.1, -0.05) is 11.8 Å². The molecule has 142 valence electrons. The number of carbonyl (C=O) groups excluding carboxylic acids is 2. The Hall–Kier alpha value is -0.870. The van der Waals surface area contributed by atoms with E-state index in [0.717, 1.165) is 23.0 Å². The van der Waals surface area contributed by atoms with Crippen molar-refractivity contribution in [3.05, 3.63) is 26.6 Å². The number of amides is 2. The molecule has 5 fully saturated rings. The molecule has 0 unspecified atom stereocenters. The van der Waals surface area contributed by atoms with Crippen LogP contribution >= 0.6 is 46.6 Å². The summed E-state index contributed by atoms with van der Waals surface area (Å²) in [4.78, 5) is 26.4. The minimum absolute atomic E-state index is 0.0216. The van der Waals surface area contributed by atoms with Gasteiger partial charge in [-0.25, -0.2) is 0 Å². The number of nitrogens with one attached hydrogen (secondary N) is 1. The normalized spacial score (nSPS) is 36.1. The van der Waals surface area contributed by atoms with E-state index in [2.05, 4.69) is 28.0 Å². The van der Waals surface area contributed by atoms with Crippen LogP contribution in [0.25, 0.3) is 6.08 Å². The third-order valence-electron chi connectivity index (χ3n) is 6.39. The largest absolute Gasteiger partial charge is 0.451 e. The Morgan fingerprint density at radius 2 is 1.89 bits per heavy atom. The molecule has 0 spiro atoms. The number of carbonyl (C=O) groups is 2. The van der Waals surface area contributed by atoms with Crippen molar-refractivity contribution in [3.63, 3.8) is 0 Å². The van der Waals surface area contributed by atoms with Gasteiger partial charge in [-0.05, 0) is 103 Å². The fourth-order valence-corrected chi connectivity index (χ4v) is 7.30. The molecule has 2 heterocycles. The van der Waals surface area contributed by atoms with Gasteiger partial charge in [0.1, 0.15) is 5.76 Å². The Morgan fingerprint density at radius 1 is 1.26 bits per heavy atom. The summed E-state index contributed by atoms with van der Waals surface area (Å²) in [5, 5.41) is 1.25. The highest BCUT2D eigenvalue weighted by Crippen LogP contribution is 2.60. The molecule has 4 aliphatic carbocycles. The van der Waals surface area contributed by atoms with Crippen LogP contribution in [-0.2, 0) is 9.59 Å². The predicted octanol–water partition coefficient (Wildman–Crippen LogP) is 4.33. The van der Waals surface area contributed by atoms with Crippen molar-refractivity contribution in [2.75, 3.05) is 0 Å². The SMILES string of the molecule is O=C1C(=Cc2ccc(I)o2)SC(=S)N1NC(=O)C12CC3CC(CC(C3)C1)C2. The zero-order chi connectivity index (χ0) is 18.8. The molecule has 1 aromatic rings. The van der Waals surface area contributed by atoms with Crippen LogP contribution in [0, 0.1) is 26.9 Å². The molecule has 1 saturated heterocycles. The molecular weight excluding hydrogens is 495 g/mol. The summed E-state index contributed by atoms with van der Waals surface area (Å²) in [6.07, 6.45) is 8.38. The van der Waals surface area contributed by atoms with Crippen molar-refractivity contribution >= 4 is 68.8 Å². The van der Waals surface area contributed by atoms with Gasteiger partial charge in [0.25, 0.3) is 5.91 Å². The van der Waals surface area contributed by atoms with E-state index >= 15 is 0 Å². The fourth-order valence-electron chi connectivity index (χ4n) is 5.71. The Labute approximate surface area is 180 Å². The van der Waals surface area contributed by atoms with Crippen LogP contribution in [0.3, 0.4) is 0 Å². The summed E-state index contributed by atoms with van der Waals surface area (Å²) in [7, 11) is 0. The van der Waals surface area contributed by atoms with Crippen molar-refractivity contribution in [2.45, 2.75) is 38.5 Å². The molecule has 1 aliphatic heterocycles. The van der Waals surface area contributed by atoms with E-state index in [1.165, 1.54) is 36.0 Å². The average molecular weight is 514 g/mol. The molecule has 27 heavy (non-hydrogen) atoms. The van der Waals surface area contributed by atoms with Gasteiger partial charge in [-0.15, -0.1) is 0 Å². The number of rotatable bonds is 3. The van der Waals surface area contributed by atoms with Crippen LogP contribution in [0.15, 0.2) is 21.5 Å². The van der Waals surface area contributed by atoms with Gasteiger partial charge in [-0.2, -0.15) is 5.01 Å². The van der Waals surface area contributed by atoms with E-state index < -0.39 is 0 Å². The van der Waals surface area contributed by atoms with Crippen molar-refractivity contribution in [1.82, 2.24) is 10.4 Å². The van der Waals surface area contributed by atoms with Crippen molar-refractivity contribution in [1.29, 1.82) is 0 Å². The van der Waals surface area contributed by atoms with Crippen LogP contribution in [0.5, 0.6) is 0 Å². The number of halogens is 1. The molecule has 0 radical (unpaired) electrons. The van der Waals surface area contributed by atoms with Crippen LogP contribution < -0.4 is 5.43 Å². The summed E-state index contributed by atoms with van der Waals surface area (Å²) in [6, 6.07) is 3.64. The number of hydrogen-bond acceptors (Lipinski definition) is 5. The summed E-state index contributed by atoms with van der Waals surface area (Å²) in [5.74, 6) is 2.33. The summed E-state index contributed by atoms with van der Waals surface area (Å²) >= 11 is 8.63. The maximum absolute atomic E-state index is 13.2. The van der Waals surface area contributed by atoms with Crippen molar-refractivity contribution in [3.8, 4) is 0 Å². The Balaban J connectivity index is 1.33. The van der Waals surface area contributed by atoms with Crippen LogP contribution in [0.4, 0.5) is 0 Å². The topological polar surface area (TPSA) is 62.6 Å². The van der Waals surface area contributed by atoms with Gasteiger partial charge >= 0.3 is 0 Å². The molecule has 5 nitrogen and oxygen atoms in total. The average Bonchev–Trinajstić information content (AvgIpc) is 3.12. The number of hydrogen-bond donors (Lipinski definition) is 1. The van der Waals surface area contributed by atoms with Gasteiger partial charge in [0, 0.05) is 6.08 Å². The molecule has 0 aromatic carbocycles. The van der Waals surface area contributed by atoms with E-state index in [-0.39, 0.29) is 17.2 Å².